The van der Waals surface area contributed by atoms with E-state index in [1.807, 2.05) is 7.05 Å². The van der Waals surface area contributed by atoms with Crippen molar-refractivity contribution in [3.05, 3.63) is 0 Å². The van der Waals surface area contributed by atoms with Gasteiger partial charge in [-0.2, -0.15) is 0 Å². The van der Waals surface area contributed by atoms with Crippen LogP contribution >= 0.6 is 0 Å². The first-order valence-electron chi connectivity index (χ1n) is 15.6. The Hall–Kier alpha value is -0.810. The molecule has 0 amide bonds. The molecular weight excluding hydrogens is 492 g/mol. The third kappa shape index (κ3) is 20.7. The van der Waals surface area contributed by atoms with Crippen LogP contribution in [0.3, 0.4) is 0 Å². The number of carbonyl (C=O) groups is 1. The Morgan fingerprint density at radius 3 is 1.05 bits per heavy atom. The van der Waals surface area contributed by atoms with Crippen molar-refractivity contribution in [2.75, 3.05) is 134 Å². The highest BCUT2D eigenvalue weighted by atomic mass is 16.5. The van der Waals surface area contributed by atoms with Crippen molar-refractivity contribution in [3.8, 4) is 0 Å². The number of piperazine rings is 1. The molecule has 0 atom stereocenters. The number of carboxylic acid groups (broad SMARTS) is 1. The van der Waals surface area contributed by atoms with Crippen LogP contribution in [0.4, 0.5) is 0 Å². The number of ether oxygens (including phenoxy) is 1. The number of likely N-dealkylation sites (tertiary alicyclic amines) is 3. The van der Waals surface area contributed by atoms with Crippen LogP contribution < -0.4 is 0 Å². The van der Waals surface area contributed by atoms with Gasteiger partial charge < -0.3 is 39.2 Å². The van der Waals surface area contributed by atoms with E-state index in [-0.39, 0.29) is 5.92 Å². The lowest BCUT2D eigenvalue weighted by Gasteiger charge is -2.28. The number of aliphatic carboxylic acids is 1. The van der Waals surface area contributed by atoms with Gasteiger partial charge in [-0.05, 0) is 120 Å². The van der Waals surface area contributed by atoms with Crippen LogP contribution in [0.25, 0.3) is 0 Å². The van der Waals surface area contributed by atoms with Crippen LogP contribution in [0.15, 0.2) is 0 Å². The van der Waals surface area contributed by atoms with Gasteiger partial charge in [0.05, 0.1) is 19.1 Å². The highest BCUT2D eigenvalue weighted by Gasteiger charge is 2.22. The summed E-state index contributed by atoms with van der Waals surface area (Å²) in [4.78, 5) is 24.4. The third-order valence-corrected chi connectivity index (χ3v) is 8.19. The van der Waals surface area contributed by atoms with E-state index in [2.05, 4.69) is 64.6 Å². The molecule has 0 saturated carbocycles. The predicted octanol–water partition coefficient (Wildman–Crippen LogP) is 2.43. The van der Waals surface area contributed by atoms with E-state index in [0.717, 1.165) is 52.2 Å². The van der Waals surface area contributed by atoms with Gasteiger partial charge in [-0.1, -0.05) is 12.8 Å². The maximum absolute atomic E-state index is 10.4. The molecule has 0 unspecified atom stereocenters. The smallest absolute Gasteiger partial charge is 0.306 e. The largest absolute Gasteiger partial charge is 0.481 e. The van der Waals surface area contributed by atoms with Crippen molar-refractivity contribution < 1.29 is 14.6 Å². The third-order valence-electron chi connectivity index (χ3n) is 8.19. The van der Waals surface area contributed by atoms with Crippen molar-refractivity contribution in [2.45, 2.75) is 51.4 Å². The number of likely N-dealkylation sites (N-methyl/N-ethyl adjacent to an activating group) is 3. The van der Waals surface area contributed by atoms with Crippen molar-refractivity contribution in [1.82, 2.24) is 29.4 Å². The van der Waals surface area contributed by atoms with Crippen molar-refractivity contribution in [3.63, 3.8) is 0 Å². The molecule has 5 heterocycles. The van der Waals surface area contributed by atoms with E-state index in [1.165, 1.54) is 90.9 Å². The highest BCUT2D eigenvalue weighted by Crippen LogP contribution is 2.15. The van der Waals surface area contributed by atoms with E-state index in [4.69, 9.17) is 9.84 Å². The zero-order valence-electron chi connectivity index (χ0n) is 26.6. The molecule has 5 saturated heterocycles. The number of rotatable bonds is 1. The number of hydrogen-bond acceptors (Lipinski definition) is 8. The summed E-state index contributed by atoms with van der Waals surface area (Å²) >= 11 is 0. The maximum Gasteiger partial charge on any atom is 0.306 e. The van der Waals surface area contributed by atoms with Gasteiger partial charge in [0.1, 0.15) is 0 Å². The van der Waals surface area contributed by atoms with Crippen LogP contribution in [-0.4, -0.2) is 175 Å². The Morgan fingerprint density at radius 2 is 0.795 bits per heavy atom. The normalized spacial score (nSPS) is 24.9. The van der Waals surface area contributed by atoms with Crippen molar-refractivity contribution in [1.29, 1.82) is 0 Å². The topological polar surface area (TPSA) is 66.0 Å². The molecule has 0 spiro atoms. The number of carboxylic acids is 1. The molecule has 9 heteroatoms. The van der Waals surface area contributed by atoms with Gasteiger partial charge in [-0.3, -0.25) is 4.79 Å². The standard InChI is InChI=1S/C7H13NO2.C6H14N2.2C6H13N.C5H11NO/c1-8-4-2-6(3-5-8)7(9)10;1-7-3-5-8(2)6-4-7;2*1-7-5-3-2-4-6-7;1-6-2-4-7-5-3-6/h6H,2-5H2,1H3,(H,9,10);3-6H2,1-2H3;2*2-6H2,1H3;2-5H2,1H3. The summed E-state index contributed by atoms with van der Waals surface area (Å²) < 4.78 is 5.10. The molecule has 0 aromatic carbocycles. The molecule has 0 aromatic heterocycles. The predicted molar refractivity (Wildman–Crippen MR) is 164 cm³/mol. The number of hydrogen-bond donors (Lipinski definition) is 1. The van der Waals surface area contributed by atoms with Crippen molar-refractivity contribution >= 4 is 5.97 Å². The monoisotopic (exact) mass is 557 g/mol. The van der Waals surface area contributed by atoms with Crippen LogP contribution in [0, 0.1) is 5.92 Å². The van der Waals surface area contributed by atoms with Crippen LogP contribution in [0.1, 0.15) is 51.4 Å². The molecule has 5 aliphatic heterocycles. The lowest BCUT2D eigenvalue weighted by Crippen LogP contribution is -2.42. The van der Waals surface area contributed by atoms with Crippen LogP contribution in [-0.2, 0) is 9.53 Å². The second-order valence-corrected chi connectivity index (χ2v) is 12.2. The fourth-order valence-electron chi connectivity index (χ4n) is 4.92. The molecule has 9 nitrogen and oxygen atoms in total. The summed E-state index contributed by atoms with van der Waals surface area (Å²) in [7, 11) is 12.9. The van der Waals surface area contributed by atoms with Gasteiger partial charge in [0.15, 0.2) is 0 Å². The second-order valence-electron chi connectivity index (χ2n) is 12.2. The molecule has 1 N–H and O–H groups in total. The zero-order chi connectivity index (χ0) is 28.9. The summed E-state index contributed by atoms with van der Waals surface area (Å²) in [6, 6.07) is 0. The Labute approximate surface area is 241 Å². The summed E-state index contributed by atoms with van der Waals surface area (Å²) in [6.07, 6.45) is 10.2. The second kappa shape index (κ2) is 22.8. The van der Waals surface area contributed by atoms with Crippen LogP contribution in [0.5, 0.6) is 0 Å². The number of nitrogens with zero attached hydrogens (tertiary/aromatic N) is 6. The molecule has 0 aliphatic carbocycles. The molecule has 5 fully saturated rings. The fraction of sp³-hybridized carbons (Fsp3) is 0.967. The van der Waals surface area contributed by atoms with E-state index >= 15 is 0 Å². The quantitative estimate of drug-likeness (QED) is 0.525. The maximum atomic E-state index is 10.4. The van der Waals surface area contributed by atoms with Crippen LogP contribution in [0.2, 0.25) is 0 Å². The SMILES string of the molecule is CN1CCC(C(=O)O)CC1.CN1CCCCC1.CN1CCCCC1.CN1CCN(C)CC1.CN1CCOCC1. The minimum Gasteiger partial charge on any atom is -0.481 e. The molecule has 0 bridgehead atoms. The average Bonchev–Trinajstić information content (AvgIpc) is 2.93. The molecule has 5 aliphatic rings. The van der Waals surface area contributed by atoms with E-state index < -0.39 is 5.97 Å². The average molecular weight is 557 g/mol. The number of morpholine rings is 1. The molecule has 5 rings (SSSR count). The van der Waals surface area contributed by atoms with Gasteiger partial charge in [-0.15, -0.1) is 0 Å². The minimum absolute atomic E-state index is 0.0869. The molecule has 0 radical (unpaired) electrons. The van der Waals surface area contributed by atoms with E-state index in [1.54, 1.807) is 0 Å². The lowest BCUT2D eigenvalue weighted by molar-refractivity contribution is -0.143. The zero-order valence-corrected chi connectivity index (χ0v) is 26.6. The lowest BCUT2D eigenvalue weighted by atomic mass is 9.98. The van der Waals surface area contributed by atoms with E-state index in [9.17, 15) is 4.79 Å². The van der Waals surface area contributed by atoms with Gasteiger partial charge in [0.25, 0.3) is 0 Å². The Bertz CT molecular complexity index is 517. The Morgan fingerprint density at radius 1 is 0.487 bits per heavy atom. The summed E-state index contributed by atoms with van der Waals surface area (Å²) in [5, 5.41) is 8.61. The molecular formula is C30H64N6O3. The van der Waals surface area contributed by atoms with Gasteiger partial charge in [0.2, 0.25) is 0 Å². The fourth-order valence-corrected chi connectivity index (χ4v) is 4.92. The first-order chi connectivity index (χ1) is 18.7. The van der Waals surface area contributed by atoms with Gasteiger partial charge >= 0.3 is 5.97 Å². The molecule has 0 aromatic rings. The minimum atomic E-state index is -0.631. The van der Waals surface area contributed by atoms with E-state index in [0.29, 0.717) is 0 Å². The Balaban J connectivity index is 0.000000246. The first-order valence-corrected chi connectivity index (χ1v) is 15.6. The van der Waals surface area contributed by atoms with Crippen molar-refractivity contribution in [2.24, 2.45) is 5.92 Å². The molecule has 232 valence electrons. The summed E-state index contributed by atoms with van der Waals surface area (Å²) in [5.41, 5.74) is 0. The first kappa shape index (κ1) is 36.2. The summed E-state index contributed by atoms with van der Waals surface area (Å²) in [6.45, 7) is 16.1. The van der Waals surface area contributed by atoms with Gasteiger partial charge in [0, 0.05) is 39.3 Å². The number of piperidine rings is 3. The molecule has 39 heavy (non-hydrogen) atoms. The Kier molecular flexibility index (Phi) is 21.2. The highest BCUT2D eigenvalue weighted by molar-refractivity contribution is 5.70. The van der Waals surface area contributed by atoms with Gasteiger partial charge in [-0.25, -0.2) is 0 Å². The summed E-state index contributed by atoms with van der Waals surface area (Å²) in [5.74, 6) is -0.718.